The van der Waals surface area contributed by atoms with Crippen molar-refractivity contribution in [2.24, 2.45) is 0 Å². The molecule has 9 nitrogen and oxygen atoms in total. The third kappa shape index (κ3) is 6.85. The molecule has 2 aromatic rings. The van der Waals surface area contributed by atoms with Crippen molar-refractivity contribution in [1.29, 1.82) is 0 Å². The van der Waals surface area contributed by atoms with Crippen LogP contribution < -0.4 is 14.8 Å². The highest BCUT2D eigenvalue weighted by molar-refractivity contribution is 8.18. The normalized spacial score (nSPS) is 14.1. The topological polar surface area (TPSA) is 111 Å². The van der Waals surface area contributed by atoms with Crippen molar-refractivity contribution in [3.05, 3.63) is 69.1 Å². The lowest BCUT2D eigenvalue weighted by molar-refractivity contribution is -0.127. The molecule has 0 bridgehead atoms. The van der Waals surface area contributed by atoms with Gasteiger partial charge in [-0.25, -0.2) is 4.79 Å². The van der Waals surface area contributed by atoms with Crippen LogP contribution in [0.5, 0.6) is 11.5 Å². The Morgan fingerprint density at radius 1 is 1.14 bits per heavy atom. The molecule has 3 rings (SSSR count). The first-order valence-electron chi connectivity index (χ1n) is 10.8. The van der Waals surface area contributed by atoms with Crippen LogP contribution in [0.4, 0.5) is 10.5 Å². The van der Waals surface area contributed by atoms with Gasteiger partial charge in [0.05, 0.1) is 34.2 Å². The number of carbonyl (C=O) groups excluding carboxylic acids is 4. The predicted octanol–water partition coefficient (Wildman–Crippen LogP) is 5.42. The summed E-state index contributed by atoms with van der Waals surface area (Å²) in [6.07, 6.45) is 3.05. The van der Waals surface area contributed by atoms with Crippen LogP contribution in [0.1, 0.15) is 22.8 Å². The molecule has 0 aliphatic carbocycles. The number of anilines is 1. The summed E-state index contributed by atoms with van der Waals surface area (Å²) >= 11 is 13.0. The molecule has 0 radical (unpaired) electrons. The van der Waals surface area contributed by atoms with Crippen molar-refractivity contribution in [2.75, 3.05) is 32.2 Å². The summed E-state index contributed by atoms with van der Waals surface area (Å²) in [6.45, 7) is 5.45. The summed E-state index contributed by atoms with van der Waals surface area (Å²) in [5, 5.41) is 2.33. The van der Waals surface area contributed by atoms with E-state index >= 15 is 0 Å². The Balaban J connectivity index is 1.76. The highest BCUT2D eigenvalue weighted by Gasteiger charge is 2.36. The Morgan fingerprint density at radius 3 is 2.57 bits per heavy atom. The van der Waals surface area contributed by atoms with Crippen molar-refractivity contribution in [3.8, 4) is 11.5 Å². The number of halogens is 2. The van der Waals surface area contributed by atoms with Crippen LogP contribution in [0, 0.1) is 0 Å². The van der Waals surface area contributed by atoms with Gasteiger partial charge in [0.25, 0.3) is 11.1 Å². The molecule has 3 amide bonds. The summed E-state index contributed by atoms with van der Waals surface area (Å²) in [5.41, 5.74) is 0.807. The summed E-state index contributed by atoms with van der Waals surface area (Å²) in [7, 11) is 1.20. The number of benzene rings is 2. The smallest absolute Gasteiger partial charge is 0.339 e. The van der Waals surface area contributed by atoms with Gasteiger partial charge < -0.3 is 19.5 Å². The second kappa shape index (κ2) is 12.7. The molecule has 37 heavy (non-hydrogen) atoms. The Bertz CT molecular complexity index is 1300. The first-order valence-corrected chi connectivity index (χ1v) is 12.4. The number of hydrogen-bond acceptors (Lipinski definition) is 8. The van der Waals surface area contributed by atoms with Crippen LogP contribution in [0.2, 0.25) is 10.0 Å². The summed E-state index contributed by atoms with van der Waals surface area (Å²) in [4.78, 5) is 50.7. The Kier molecular flexibility index (Phi) is 9.62. The van der Waals surface area contributed by atoms with Gasteiger partial charge >= 0.3 is 5.97 Å². The van der Waals surface area contributed by atoms with E-state index in [2.05, 4.69) is 16.6 Å². The zero-order valence-electron chi connectivity index (χ0n) is 19.8. The van der Waals surface area contributed by atoms with Gasteiger partial charge in [0.1, 0.15) is 13.2 Å². The first kappa shape index (κ1) is 28.1. The van der Waals surface area contributed by atoms with Gasteiger partial charge in [0.2, 0.25) is 5.91 Å². The summed E-state index contributed by atoms with van der Waals surface area (Å²) in [6, 6.07) is 7.43. The van der Waals surface area contributed by atoms with E-state index in [4.69, 9.17) is 32.7 Å². The second-order valence-electron chi connectivity index (χ2n) is 7.36. The van der Waals surface area contributed by atoms with Crippen molar-refractivity contribution in [3.63, 3.8) is 0 Å². The lowest BCUT2D eigenvalue weighted by Gasteiger charge is -2.14. The number of rotatable bonds is 10. The van der Waals surface area contributed by atoms with Gasteiger partial charge in [-0.3, -0.25) is 19.3 Å². The zero-order chi connectivity index (χ0) is 27.1. The van der Waals surface area contributed by atoms with E-state index in [1.54, 1.807) is 25.1 Å². The number of amides is 3. The quantitative estimate of drug-likeness (QED) is 0.231. The summed E-state index contributed by atoms with van der Waals surface area (Å²) < 4.78 is 15.8. The Hall–Kier alpha value is -3.47. The molecule has 194 valence electrons. The van der Waals surface area contributed by atoms with Crippen LogP contribution in [-0.2, 0) is 14.3 Å². The lowest BCUT2D eigenvalue weighted by atomic mass is 10.1. The lowest BCUT2D eigenvalue weighted by Crippen LogP contribution is -2.36. The van der Waals surface area contributed by atoms with Gasteiger partial charge in [-0.2, -0.15) is 0 Å². The van der Waals surface area contributed by atoms with Crippen LogP contribution in [0.25, 0.3) is 6.08 Å². The van der Waals surface area contributed by atoms with Crippen molar-refractivity contribution in [2.45, 2.75) is 6.92 Å². The summed E-state index contributed by atoms with van der Waals surface area (Å²) in [5.74, 6) is -1.26. The molecular formula is C25H22Cl2N2O7S. The van der Waals surface area contributed by atoms with Crippen LogP contribution >= 0.6 is 35.0 Å². The molecule has 0 aromatic heterocycles. The van der Waals surface area contributed by atoms with E-state index in [9.17, 15) is 19.2 Å². The number of imide groups is 1. The first-order chi connectivity index (χ1) is 17.7. The van der Waals surface area contributed by atoms with Gasteiger partial charge in [-0.05, 0) is 60.7 Å². The number of methoxy groups -OCH3 is 1. The van der Waals surface area contributed by atoms with E-state index in [1.165, 1.54) is 31.4 Å². The number of nitrogens with zero attached hydrogens (tertiary/aromatic N) is 1. The molecule has 1 heterocycles. The van der Waals surface area contributed by atoms with E-state index in [1.807, 2.05) is 0 Å². The van der Waals surface area contributed by atoms with E-state index in [0.29, 0.717) is 35.4 Å². The molecule has 12 heteroatoms. The third-order valence-corrected chi connectivity index (χ3v) is 6.32. The highest BCUT2D eigenvalue weighted by Crippen LogP contribution is 2.39. The maximum Gasteiger partial charge on any atom is 0.339 e. The molecule has 2 aromatic carbocycles. The molecule has 1 aliphatic rings. The minimum Gasteiger partial charge on any atom is -0.490 e. The number of nitrogens with one attached hydrogen (secondary N) is 1. The van der Waals surface area contributed by atoms with Gasteiger partial charge in [-0.1, -0.05) is 35.9 Å². The van der Waals surface area contributed by atoms with E-state index in [0.717, 1.165) is 4.90 Å². The minimum atomic E-state index is -0.676. The van der Waals surface area contributed by atoms with Crippen LogP contribution in [0.3, 0.4) is 0 Å². The zero-order valence-corrected chi connectivity index (χ0v) is 22.2. The van der Waals surface area contributed by atoms with Crippen LogP contribution in [0.15, 0.2) is 47.9 Å². The Labute approximate surface area is 227 Å². The standard InChI is InChI=1S/C25H22Cl2N2O7S/c1-4-8-36-22-18(27)9-14(10-19(22)35-5-2)11-20-23(31)29(25(33)37-20)13-21(30)28-15-6-7-17(26)16(12-15)24(32)34-3/h4,6-7,9-12H,1,5,8,13H2,2-3H3,(H,28,30)/b20-11+. The maximum absolute atomic E-state index is 12.9. The second-order valence-corrected chi connectivity index (χ2v) is 9.17. The number of carbonyl (C=O) groups is 4. The predicted molar refractivity (Wildman–Crippen MR) is 142 cm³/mol. The SMILES string of the molecule is C=CCOc1c(Cl)cc(/C=C2/SC(=O)N(CC(=O)Nc3ccc(Cl)c(C(=O)OC)c3)C2=O)cc1OCC. The molecule has 1 fully saturated rings. The number of hydrogen-bond donors (Lipinski definition) is 1. The van der Waals surface area contributed by atoms with Crippen molar-refractivity contribution in [1.82, 2.24) is 4.90 Å². The fraction of sp³-hybridized carbons (Fsp3) is 0.200. The van der Waals surface area contributed by atoms with E-state index < -0.39 is 29.6 Å². The minimum absolute atomic E-state index is 0.0575. The molecule has 1 N–H and O–H groups in total. The molecule has 1 saturated heterocycles. The average Bonchev–Trinajstić information content (AvgIpc) is 3.11. The van der Waals surface area contributed by atoms with Crippen LogP contribution in [-0.4, -0.2) is 54.8 Å². The average molecular weight is 565 g/mol. The maximum atomic E-state index is 12.9. The molecule has 0 spiro atoms. The molecular weight excluding hydrogens is 543 g/mol. The van der Waals surface area contributed by atoms with Crippen molar-refractivity contribution >= 4 is 69.8 Å². The largest absolute Gasteiger partial charge is 0.490 e. The number of thioether (sulfide) groups is 1. The Morgan fingerprint density at radius 2 is 1.89 bits per heavy atom. The van der Waals surface area contributed by atoms with Gasteiger partial charge in [-0.15, -0.1) is 0 Å². The number of esters is 1. The molecule has 0 atom stereocenters. The fourth-order valence-electron chi connectivity index (χ4n) is 3.22. The van der Waals surface area contributed by atoms with E-state index in [-0.39, 0.29) is 32.8 Å². The number of ether oxygens (including phenoxy) is 3. The monoisotopic (exact) mass is 564 g/mol. The van der Waals surface area contributed by atoms with Gasteiger partial charge in [0, 0.05) is 5.69 Å². The van der Waals surface area contributed by atoms with Gasteiger partial charge in [0.15, 0.2) is 11.5 Å². The molecule has 1 aliphatic heterocycles. The molecule has 0 saturated carbocycles. The third-order valence-electron chi connectivity index (χ3n) is 4.81. The fourth-order valence-corrected chi connectivity index (χ4v) is 4.52. The molecule has 0 unspecified atom stereocenters. The highest BCUT2D eigenvalue weighted by atomic mass is 35.5. The van der Waals surface area contributed by atoms with Crippen molar-refractivity contribution < 1.29 is 33.4 Å².